The molecule has 0 fully saturated rings. The van der Waals surface area contributed by atoms with Gasteiger partial charge >= 0.3 is 0 Å². The average molecular weight is 313 g/mol. The van der Waals surface area contributed by atoms with Gasteiger partial charge in [0.25, 0.3) is 5.91 Å². The van der Waals surface area contributed by atoms with Gasteiger partial charge in [0.1, 0.15) is 11.5 Å². The van der Waals surface area contributed by atoms with Crippen molar-refractivity contribution in [1.29, 1.82) is 0 Å². The third-order valence-corrected chi connectivity index (χ3v) is 3.74. The summed E-state index contributed by atoms with van der Waals surface area (Å²) in [7, 11) is 1.63. The van der Waals surface area contributed by atoms with Gasteiger partial charge in [0.15, 0.2) is 6.10 Å². The molecule has 1 amide bonds. The summed E-state index contributed by atoms with van der Waals surface area (Å²) in [5, 5.41) is 2.97. The molecule has 2 aromatic rings. The molecule has 4 heteroatoms. The highest BCUT2D eigenvalue weighted by Gasteiger charge is 2.18. The normalized spacial score (nSPS) is 13.0. The molecule has 0 aliphatic rings. The van der Waals surface area contributed by atoms with Crippen LogP contribution in [0.15, 0.2) is 48.5 Å². The molecule has 0 saturated carbocycles. The number of para-hydroxylation sites is 1. The SMILES string of the molecule is COc1ccc([C@H](C)NC(=O)[C@@H](C)Oc2ccccc2C)cc1. The van der Waals surface area contributed by atoms with Gasteiger partial charge in [-0.2, -0.15) is 0 Å². The van der Waals surface area contributed by atoms with Crippen LogP contribution in [0.3, 0.4) is 0 Å². The molecule has 2 rings (SSSR count). The van der Waals surface area contributed by atoms with Crippen molar-refractivity contribution in [1.82, 2.24) is 5.32 Å². The van der Waals surface area contributed by atoms with Crippen LogP contribution < -0.4 is 14.8 Å². The maximum atomic E-state index is 12.3. The van der Waals surface area contributed by atoms with Crippen LogP contribution in [0.4, 0.5) is 0 Å². The van der Waals surface area contributed by atoms with Gasteiger partial charge in [-0.05, 0) is 50.1 Å². The van der Waals surface area contributed by atoms with Crippen LogP contribution in [-0.2, 0) is 4.79 Å². The lowest BCUT2D eigenvalue weighted by atomic mass is 10.1. The first-order valence-corrected chi connectivity index (χ1v) is 7.68. The Morgan fingerprint density at radius 1 is 1.04 bits per heavy atom. The second-order valence-corrected chi connectivity index (χ2v) is 5.53. The molecule has 0 radical (unpaired) electrons. The molecule has 0 aliphatic carbocycles. The third-order valence-electron chi connectivity index (χ3n) is 3.74. The minimum atomic E-state index is -0.559. The minimum absolute atomic E-state index is 0.101. The number of ether oxygens (including phenoxy) is 2. The van der Waals surface area contributed by atoms with E-state index in [4.69, 9.17) is 9.47 Å². The van der Waals surface area contributed by atoms with Gasteiger partial charge < -0.3 is 14.8 Å². The molecule has 0 aliphatic heterocycles. The lowest BCUT2D eigenvalue weighted by Gasteiger charge is -2.20. The zero-order chi connectivity index (χ0) is 16.8. The van der Waals surface area contributed by atoms with E-state index in [9.17, 15) is 4.79 Å². The number of aryl methyl sites for hydroxylation is 1. The van der Waals surface area contributed by atoms with Gasteiger partial charge in [-0.1, -0.05) is 30.3 Å². The second kappa shape index (κ2) is 7.68. The molecule has 0 unspecified atom stereocenters. The molecule has 122 valence electrons. The number of benzene rings is 2. The van der Waals surface area contributed by atoms with E-state index in [1.165, 1.54) is 0 Å². The van der Waals surface area contributed by atoms with E-state index < -0.39 is 6.10 Å². The maximum Gasteiger partial charge on any atom is 0.261 e. The molecular formula is C19H23NO3. The van der Waals surface area contributed by atoms with Crippen LogP contribution >= 0.6 is 0 Å². The number of amides is 1. The average Bonchev–Trinajstić information content (AvgIpc) is 2.56. The fourth-order valence-corrected chi connectivity index (χ4v) is 2.24. The summed E-state index contributed by atoms with van der Waals surface area (Å²) in [5.74, 6) is 1.38. The van der Waals surface area contributed by atoms with Crippen LogP contribution in [0.5, 0.6) is 11.5 Å². The van der Waals surface area contributed by atoms with Gasteiger partial charge in [0, 0.05) is 0 Å². The van der Waals surface area contributed by atoms with Gasteiger partial charge in [0.2, 0.25) is 0 Å². The molecule has 4 nitrogen and oxygen atoms in total. The van der Waals surface area contributed by atoms with Crippen LogP contribution in [-0.4, -0.2) is 19.1 Å². The number of rotatable bonds is 6. The van der Waals surface area contributed by atoms with Crippen molar-refractivity contribution >= 4 is 5.91 Å². The van der Waals surface area contributed by atoms with Crippen molar-refractivity contribution in [3.63, 3.8) is 0 Å². The van der Waals surface area contributed by atoms with Gasteiger partial charge in [0.05, 0.1) is 13.2 Å². The second-order valence-electron chi connectivity index (χ2n) is 5.53. The number of nitrogens with one attached hydrogen (secondary N) is 1. The van der Waals surface area contributed by atoms with Crippen LogP contribution in [0, 0.1) is 6.92 Å². The Bertz CT molecular complexity index is 652. The third kappa shape index (κ3) is 4.49. The summed E-state index contributed by atoms with van der Waals surface area (Å²) in [5.41, 5.74) is 2.03. The van der Waals surface area contributed by atoms with Crippen molar-refractivity contribution in [3.8, 4) is 11.5 Å². The largest absolute Gasteiger partial charge is 0.497 e. The number of carbonyl (C=O) groups excluding carboxylic acids is 1. The molecular weight excluding hydrogens is 290 g/mol. The topological polar surface area (TPSA) is 47.6 Å². The Morgan fingerprint density at radius 2 is 1.70 bits per heavy atom. The van der Waals surface area contributed by atoms with Crippen LogP contribution in [0.1, 0.15) is 31.0 Å². The first-order chi connectivity index (χ1) is 11.0. The van der Waals surface area contributed by atoms with E-state index in [1.807, 2.05) is 62.4 Å². The minimum Gasteiger partial charge on any atom is -0.497 e. The van der Waals surface area contributed by atoms with E-state index >= 15 is 0 Å². The molecule has 0 saturated heterocycles. The summed E-state index contributed by atoms with van der Waals surface area (Å²) >= 11 is 0. The number of hydrogen-bond donors (Lipinski definition) is 1. The highest BCUT2D eigenvalue weighted by Crippen LogP contribution is 2.19. The Balaban J connectivity index is 1.95. The first kappa shape index (κ1) is 16.9. The predicted molar refractivity (Wildman–Crippen MR) is 90.8 cm³/mol. The molecule has 1 N–H and O–H groups in total. The van der Waals surface area contributed by atoms with Crippen LogP contribution in [0.25, 0.3) is 0 Å². The van der Waals surface area contributed by atoms with E-state index in [2.05, 4.69) is 5.32 Å². The Labute approximate surface area is 137 Å². The Morgan fingerprint density at radius 3 is 2.30 bits per heavy atom. The lowest BCUT2D eigenvalue weighted by Crippen LogP contribution is -2.37. The molecule has 0 aromatic heterocycles. The zero-order valence-corrected chi connectivity index (χ0v) is 14.0. The summed E-state index contributed by atoms with van der Waals surface area (Å²) in [6.45, 7) is 5.66. The van der Waals surface area contributed by atoms with E-state index in [1.54, 1.807) is 14.0 Å². The van der Waals surface area contributed by atoms with Crippen molar-refractivity contribution in [2.24, 2.45) is 0 Å². The van der Waals surface area contributed by atoms with E-state index in [0.29, 0.717) is 0 Å². The van der Waals surface area contributed by atoms with Crippen molar-refractivity contribution in [3.05, 3.63) is 59.7 Å². The van der Waals surface area contributed by atoms with Gasteiger partial charge in [-0.15, -0.1) is 0 Å². The zero-order valence-electron chi connectivity index (χ0n) is 14.0. The Kier molecular flexibility index (Phi) is 5.63. The fraction of sp³-hybridized carbons (Fsp3) is 0.316. The molecule has 2 aromatic carbocycles. The summed E-state index contributed by atoms with van der Waals surface area (Å²) in [6.07, 6.45) is -0.559. The lowest BCUT2D eigenvalue weighted by molar-refractivity contribution is -0.127. The van der Waals surface area contributed by atoms with E-state index in [-0.39, 0.29) is 11.9 Å². The van der Waals surface area contributed by atoms with Crippen LogP contribution in [0.2, 0.25) is 0 Å². The van der Waals surface area contributed by atoms with Crippen molar-refractivity contribution < 1.29 is 14.3 Å². The Hall–Kier alpha value is -2.49. The number of hydrogen-bond acceptors (Lipinski definition) is 3. The number of carbonyl (C=O) groups is 1. The summed E-state index contributed by atoms with van der Waals surface area (Å²) < 4.78 is 10.9. The number of methoxy groups -OCH3 is 1. The van der Waals surface area contributed by atoms with Gasteiger partial charge in [-0.25, -0.2) is 0 Å². The summed E-state index contributed by atoms with van der Waals surface area (Å²) in [6, 6.07) is 15.2. The first-order valence-electron chi connectivity index (χ1n) is 7.68. The van der Waals surface area contributed by atoms with Crippen molar-refractivity contribution in [2.45, 2.75) is 32.9 Å². The molecule has 2 atom stereocenters. The van der Waals surface area contributed by atoms with Gasteiger partial charge in [-0.3, -0.25) is 4.79 Å². The van der Waals surface area contributed by atoms with Crippen molar-refractivity contribution in [2.75, 3.05) is 7.11 Å². The molecule has 0 spiro atoms. The smallest absolute Gasteiger partial charge is 0.261 e. The molecule has 23 heavy (non-hydrogen) atoms. The maximum absolute atomic E-state index is 12.3. The quantitative estimate of drug-likeness (QED) is 0.885. The monoisotopic (exact) mass is 313 g/mol. The highest BCUT2D eigenvalue weighted by atomic mass is 16.5. The highest BCUT2D eigenvalue weighted by molar-refractivity contribution is 5.81. The standard InChI is InChI=1S/C19H23NO3/c1-13-7-5-6-8-18(13)23-15(3)19(21)20-14(2)16-9-11-17(22-4)12-10-16/h5-12,14-15H,1-4H3,(H,20,21)/t14-,15+/m0/s1. The molecule has 0 bridgehead atoms. The summed E-state index contributed by atoms with van der Waals surface area (Å²) in [4.78, 5) is 12.3. The molecule has 0 heterocycles. The van der Waals surface area contributed by atoms with E-state index in [0.717, 1.165) is 22.6 Å². The fourth-order valence-electron chi connectivity index (χ4n) is 2.24. The predicted octanol–water partition coefficient (Wildman–Crippen LogP) is 3.65.